The summed E-state index contributed by atoms with van der Waals surface area (Å²) in [6, 6.07) is 10.0. The van der Waals surface area contributed by atoms with Crippen molar-refractivity contribution in [2.45, 2.75) is 11.8 Å². The van der Waals surface area contributed by atoms with Crippen molar-refractivity contribution in [1.29, 1.82) is 0 Å². The number of nitrogens with zero attached hydrogens (tertiary/aromatic N) is 1. The molecule has 2 rings (SSSR count). The fraction of sp³-hybridized carbons (Fsp3) is 0.154. The van der Waals surface area contributed by atoms with Gasteiger partial charge >= 0.3 is 0 Å². The van der Waals surface area contributed by atoms with Gasteiger partial charge in [-0.2, -0.15) is 0 Å². The first-order valence-electron chi connectivity index (χ1n) is 6.00. The summed E-state index contributed by atoms with van der Waals surface area (Å²) in [6.07, 6.45) is 1.27. The van der Waals surface area contributed by atoms with Crippen LogP contribution in [0, 0.1) is 0 Å². The van der Waals surface area contributed by atoms with Crippen molar-refractivity contribution >= 4 is 33.1 Å². The maximum absolute atomic E-state index is 12.2. The van der Waals surface area contributed by atoms with Gasteiger partial charge in [0.05, 0.1) is 5.02 Å². The first kappa shape index (κ1) is 14.6. The zero-order chi connectivity index (χ0) is 14.6. The summed E-state index contributed by atoms with van der Waals surface area (Å²) in [5.41, 5.74) is 0.486. The van der Waals surface area contributed by atoms with Crippen molar-refractivity contribution in [3.8, 4) is 0 Å². The first-order valence-corrected chi connectivity index (χ1v) is 7.86. The highest BCUT2D eigenvalue weighted by Crippen LogP contribution is 2.23. The second-order valence-electron chi connectivity index (χ2n) is 4.00. The molecule has 0 saturated carbocycles. The van der Waals surface area contributed by atoms with Crippen LogP contribution in [0.2, 0.25) is 5.02 Å². The van der Waals surface area contributed by atoms with Gasteiger partial charge in [0, 0.05) is 18.4 Å². The average molecular weight is 312 g/mol. The topological polar surface area (TPSA) is 71.1 Å². The standard InChI is InChI=1S/C13H14ClN3O2S/c1-2-15-13-12(14)8-11(9-16-13)20(18,19)17-10-6-4-3-5-7-10/h3-9,17H,2H2,1H3,(H,15,16). The van der Waals surface area contributed by atoms with Gasteiger partial charge in [0.1, 0.15) is 10.7 Å². The van der Waals surface area contributed by atoms with Gasteiger partial charge in [-0.15, -0.1) is 0 Å². The third-order valence-electron chi connectivity index (χ3n) is 2.50. The van der Waals surface area contributed by atoms with Crippen LogP contribution in [0.1, 0.15) is 6.92 Å². The second-order valence-corrected chi connectivity index (χ2v) is 6.09. The van der Waals surface area contributed by atoms with Crippen LogP contribution in [0.15, 0.2) is 47.5 Å². The Morgan fingerprint density at radius 2 is 1.95 bits per heavy atom. The van der Waals surface area contributed by atoms with Crippen molar-refractivity contribution in [2.75, 3.05) is 16.6 Å². The number of para-hydroxylation sites is 1. The van der Waals surface area contributed by atoms with E-state index in [1.165, 1.54) is 12.3 Å². The summed E-state index contributed by atoms with van der Waals surface area (Å²) in [5.74, 6) is 0.466. The molecule has 0 radical (unpaired) electrons. The average Bonchev–Trinajstić information content (AvgIpc) is 2.42. The van der Waals surface area contributed by atoms with E-state index in [9.17, 15) is 8.42 Å². The third kappa shape index (κ3) is 3.40. The Morgan fingerprint density at radius 3 is 2.55 bits per heavy atom. The highest BCUT2D eigenvalue weighted by Gasteiger charge is 2.16. The van der Waals surface area contributed by atoms with E-state index in [1.807, 2.05) is 6.92 Å². The van der Waals surface area contributed by atoms with E-state index in [2.05, 4.69) is 15.0 Å². The SMILES string of the molecule is CCNc1ncc(S(=O)(=O)Nc2ccccc2)cc1Cl. The van der Waals surface area contributed by atoms with Crippen LogP contribution in [-0.4, -0.2) is 19.9 Å². The fourth-order valence-corrected chi connectivity index (χ4v) is 2.91. The summed E-state index contributed by atoms with van der Waals surface area (Å²) in [7, 11) is -3.69. The van der Waals surface area contributed by atoms with Crippen LogP contribution in [0.5, 0.6) is 0 Å². The molecule has 0 aliphatic heterocycles. The van der Waals surface area contributed by atoms with Crippen molar-refractivity contribution < 1.29 is 8.42 Å². The molecule has 2 N–H and O–H groups in total. The quantitative estimate of drug-likeness (QED) is 0.890. The summed E-state index contributed by atoms with van der Waals surface area (Å²) in [5, 5.41) is 3.21. The van der Waals surface area contributed by atoms with Gasteiger partial charge in [-0.05, 0) is 25.1 Å². The zero-order valence-electron chi connectivity index (χ0n) is 10.8. The first-order chi connectivity index (χ1) is 9.53. The number of sulfonamides is 1. The largest absolute Gasteiger partial charge is 0.369 e. The van der Waals surface area contributed by atoms with Gasteiger partial charge in [0.2, 0.25) is 0 Å². The van der Waals surface area contributed by atoms with Gasteiger partial charge < -0.3 is 5.32 Å². The number of nitrogens with one attached hydrogen (secondary N) is 2. The van der Waals surface area contributed by atoms with Crippen molar-refractivity contribution in [3.63, 3.8) is 0 Å². The summed E-state index contributed by atoms with van der Waals surface area (Å²) < 4.78 is 26.9. The Bertz CT molecular complexity index is 690. The Balaban J connectivity index is 2.28. The number of rotatable bonds is 5. The molecule has 0 spiro atoms. The molecule has 7 heteroatoms. The van der Waals surface area contributed by atoms with Gasteiger partial charge in [-0.1, -0.05) is 29.8 Å². The molecule has 20 heavy (non-hydrogen) atoms. The van der Waals surface area contributed by atoms with Gasteiger partial charge in [0.25, 0.3) is 10.0 Å². The smallest absolute Gasteiger partial charge is 0.263 e. The summed E-state index contributed by atoms with van der Waals surface area (Å²) in [4.78, 5) is 4.03. The number of hydrogen-bond donors (Lipinski definition) is 2. The number of aromatic nitrogens is 1. The normalized spacial score (nSPS) is 11.1. The highest BCUT2D eigenvalue weighted by molar-refractivity contribution is 7.92. The molecular weight excluding hydrogens is 298 g/mol. The van der Waals surface area contributed by atoms with Crippen molar-refractivity contribution in [2.24, 2.45) is 0 Å². The number of halogens is 1. The van der Waals surface area contributed by atoms with Gasteiger partial charge in [-0.25, -0.2) is 13.4 Å². The van der Waals surface area contributed by atoms with E-state index in [0.717, 1.165) is 0 Å². The minimum atomic E-state index is -3.69. The maximum atomic E-state index is 12.2. The fourth-order valence-electron chi connectivity index (χ4n) is 1.59. The van der Waals surface area contributed by atoms with Crippen molar-refractivity contribution in [1.82, 2.24) is 4.98 Å². The molecule has 0 saturated heterocycles. The van der Waals surface area contributed by atoms with E-state index in [-0.39, 0.29) is 9.92 Å². The maximum Gasteiger partial charge on any atom is 0.263 e. The van der Waals surface area contributed by atoms with E-state index >= 15 is 0 Å². The second kappa shape index (κ2) is 6.11. The highest BCUT2D eigenvalue weighted by atomic mass is 35.5. The predicted molar refractivity (Wildman–Crippen MR) is 80.7 cm³/mol. The number of anilines is 2. The lowest BCUT2D eigenvalue weighted by molar-refractivity contribution is 0.601. The zero-order valence-corrected chi connectivity index (χ0v) is 12.4. The molecule has 1 aromatic heterocycles. The van der Waals surface area contributed by atoms with Crippen LogP contribution in [0.25, 0.3) is 0 Å². The van der Waals surface area contributed by atoms with E-state index in [0.29, 0.717) is 18.1 Å². The summed E-state index contributed by atoms with van der Waals surface area (Å²) in [6.45, 7) is 2.56. The molecule has 0 unspecified atom stereocenters. The van der Waals surface area contributed by atoms with Crippen molar-refractivity contribution in [3.05, 3.63) is 47.6 Å². The molecule has 0 amide bonds. The van der Waals surface area contributed by atoms with E-state index in [4.69, 9.17) is 11.6 Å². The van der Waals surface area contributed by atoms with Gasteiger partial charge in [-0.3, -0.25) is 4.72 Å². The Morgan fingerprint density at radius 1 is 1.25 bits per heavy atom. The minimum absolute atomic E-state index is 0.0213. The van der Waals surface area contributed by atoms with Crippen LogP contribution in [0.3, 0.4) is 0 Å². The molecule has 0 bridgehead atoms. The van der Waals surface area contributed by atoms with E-state index in [1.54, 1.807) is 30.3 Å². The molecule has 0 atom stereocenters. The molecule has 5 nitrogen and oxygen atoms in total. The Kier molecular flexibility index (Phi) is 4.46. The number of hydrogen-bond acceptors (Lipinski definition) is 4. The summed E-state index contributed by atoms with van der Waals surface area (Å²) >= 11 is 6.00. The molecule has 0 aliphatic carbocycles. The lowest BCUT2D eigenvalue weighted by Gasteiger charge is -2.10. The molecule has 2 aromatic rings. The number of benzene rings is 1. The van der Waals surface area contributed by atoms with Crippen LogP contribution >= 0.6 is 11.6 Å². The lowest BCUT2D eigenvalue weighted by Crippen LogP contribution is -2.13. The van der Waals surface area contributed by atoms with Crippen LogP contribution < -0.4 is 10.0 Å². The molecule has 0 fully saturated rings. The number of pyridine rings is 1. The molecule has 1 aromatic carbocycles. The lowest BCUT2D eigenvalue weighted by atomic mass is 10.3. The Hall–Kier alpha value is -1.79. The molecule has 0 aliphatic rings. The molecule has 106 valence electrons. The minimum Gasteiger partial charge on any atom is -0.369 e. The van der Waals surface area contributed by atoms with Gasteiger partial charge in [0.15, 0.2) is 0 Å². The van der Waals surface area contributed by atoms with Crippen LogP contribution in [0.4, 0.5) is 11.5 Å². The predicted octanol–water partition coefficient (Wildman–Crippen LogP) is 2.97. The molecule has 1 heterocycles. The van der Waals surface area contributed by atoms with Crippen LogP contribution in [-0.2, 0) is 10.0 Å². The third-order valence-corrected chi connectivity index (χ3v) is 4.13. The Labute approximate surface area is 123 Å². The van der Waals surface area contributed by atoms with E-state index < -0.39 is 10.0 Å². The monoisotopic (exact) mass is 311 g/mol. The molecular formula is C13H14ClN3O2S.